The predicted octanol–water partition coefficient (Wildman–Crippen LogP) is 2.55. The van der Waals surface area contributed by atoms with E-state index in [1.807, 2.05) is 0 Å². The van der Waals surface area contributed by atoms with Crippen molar-refractivity contribution in [3.8, 4) is 11.5 Å². The Morgan fingerprint density at radius 2 is 1.90 bits per heavy atom. The van der Waals surface area contributed by atoms with Crippen molar-refractivity contribution in [2.45, 2.75) is 11.4 Å². The van der Waals surface area contributed by atoms with E-state index in [1.54, 1.807) is 30.3 Å². The molecule has 2 aromatic rings. The molecule has 0 atom stereocenters. The SMILES string of the molecule is O=S(=O)(NCc1ccc2c(c1)OCO2)c1cccc(Cl)c1. The highest BCUT2D eigenvalue weighted by atomic mass is 35.5. The second-order valence-electron chi connectivity index (χ2n) is 4.47. The smallest absolute Gasteiger partial charge is 0.240 e. The van der Waals surface area contributed by atoms with Gasteiger partial charge in [-0.2, -0.15) is 0 Å². The molecule has 21 heavy (non-hydrogen) atoms. The van der Waals surface area contributed by atoms with Gasteiger partial charge in [-0.05, 0) is 35.9 Å². The standard InChI is InChI=1S/C14H12ClNO4S/c15-11-2-1-3-12(7-11)21(17,18)16-8-10-4-5-13-14(6-10)20-9-19-13/h1-7,16H,8-9H2. The Bertz CT molecular complexity index is 776. The number of fused-ring (bicyclic) bond motifs is 1. The molecule has 1 aliphatic rings. The fourth-order valence-electron chi connectivity index (χ4n) is 1.95. The second-order valence-corrected chi connectivity index (χ2v) is 6.67. The molecule has 0 bridgehead atoms. The predicted molar refractivity (Wildman–Crippen MR) is 78.0 cm³/mol. The Morgan fingerprint density at radius 1 is 1.10 bits per heavy atom. The number of rotatable bonds is 4. The van der Waals surface area contributed by atoms with Crippen LogP contribution in [-0.2, 0) is 16.6 Å². The number of hydrogen-bond acceptors (Lipinski definition) is 4. The number of ether oxygens (including phenoxy) is 2. The minimum Gasteiger partial charge on any atom is -0.454 e. The van der Waals surface area contributed by atoms with E-state index in [-0.39, 0.29) is 18.2 Å². The zero-order valence-corrected chi connectivity index (χ0v) is 12.4. The zero-order chi connectivity index (χ0) is 14.9. The first-order valence-electron chi connectivity index (χ1n) is 6.18. The Balaban J connectivity index is 1.75. The van der Waals surface area contributed by atoms with Gasteiger partial charge in [-0.25, -0.2) is 13.1 Å². The molecule has 0 spiro atoms. The zero-order valence-electron chi connectivity index (χ0n) is 10.9. The van der Waals surface area contributed by atoms with Gasteiger partial charge >= 0.3 is 0 Å². The van der Waals surface area contributed by atoms with E-state index in [0.29, 0.717) is 16.5 Å². The molecule has 1 aliphatic heterocycles. The molecule has 7 heteroatoms. The van der Waals surface area contributed by atoms with E-state index in [4.69, 9.17) is 21.1 Å². The summed E-state index contributed by atoms with van der Waals surface area (Å²) >= 11 is 5.81. The monoisotopic (exact) mass is 325 g/mol. The summed E-state index contributed by atoms with van der Waals surface area (Å²) in [7, 11) is -3.60. The quantitative estimate of drug-likeness (QED) is 0.938. The normalized spacial score (nSPS) is 13.4. The second kappa shape index (κ2) is 5.55. The van der Waals surface area contributed by atoms with E-state index in [1.165, 1.54) is 12.1 Å². The average molecular weight is 326 g/mol. The summed E-state index contributed by atoms with van der Waals surface area (Å²) in [6.45, 7) is 0.346. The van der Waals surface area contributed by atoms with E-state index in [9.17, 15) is 8.42 Å². The summed E-state index contributed by atoms with van der Waals surface area (Å²) in [6, 6.07) is 11.4. The number of sulfonamides is 1. The van der Waals surface area contributed by atoms with Crippen molar-refractivity contribution < 1.29 is 17.9 Å². The molecule has 0 unspecified atom stereocenters. The highest BCUT2D eigenvalue weighted by Gasteiger charge is 2.16. The maximum atomic E-state index is 12.2. The Labute approximate surface area is 127 Å². The number of nitrogens with one attached hydrogen (secondary N) is 1. The van der Waals surface area contributed by atoms with Crippen LogP contribution in [0.5, 0.6) is 11.5 Å². The molecule has 0 aliphatic carbocycles. The third kappa shape index (κ3) is 3.12. The van der Waals surface area contributed by atoms with Crippen LogP contribution in [0.4, 0.5) is 0 Å². The minimum absolute atomic E-state index is 0.135. The summed E-state index contributed by atoms with van der Waals surface area (Å²) in [5.41, 5.74) is 0.782. The lowest BCUT2D eigenvalue weighted by Crippen LogP contribution is -2.23. The third-order valence-corrected chi connectivity index (χ3v) is 4.64. The van der Waals surface area contributed by atoms with Crippen LogP contribution in [0.2, 0.25) is 5.02 Å². The Hall–Kier alpha value is -1.76. The summed E-state index contributed by atoms with van der Waals surface area (Å²) in [5.74, 6) is 1.28. The van der Waals surface area contributed by atoms with Gasteiger partial charge in [0.25, 0.3) is 0 Å². The Morgan fingerprint density at radius 3 is 2.71 bits per heavy atom. The minimum atomic E-state index is -3.60. The first-order chi connectivity index (χ1) is 10.0. The van der Waals surface area contributed by atoms with Crippen molar-refractivity contribution in [3.63, 3.8) is 0 Å². The molecule has 0 aromatic heterocycles. The van der Waals surface area contributed by atoms with Crippen molar-refractivity contribution in [2.24, 2.45) is 0 Å². The van der Waals surface area contributed by atoms with Crippen molar-refractivity contribution >= 4 is 21.6 Å². The molecule has 0 fully saturated rings. The largest absolute Gasteiger partial charge is 0.454 e. The molecule has 1 N–H and O–H groups in total. The highest BCUT2D eigenvalue weighted by molar-refractivity contribution is 7.89. The van der Waals surface area contributed by atoms with Gasteiger partial charge in [-0.3, -0.25) is 0 Å². The molecular formula is C14H12ClNO4S. The van der Waals surface area contributed by atoms with Gasteiger partial charge in [0, 0.05) is 11.6 Å². The average Bonchev–Trinajstić information content (AvgIpc) is 2.93. The maximum Gasteiger partial charge on any atom is 0.240 e. The van der Waals surface area contributed by atoms with Crippen LogP contribution < -0.4 is 14.2 Å². The Kier molecular flexibility index (Phi) is 3.75. The molecule has 5 nitrogen and oxygen atoms in total. The summed E-state index contributed by atoms with van der Waals surface area (Å²) in [6.07, 6.45) is 0. The lowest BCUT2D eigenvalue weighted by atomic mass is 10.2. The van der Waals surface area contributed by atoms with Crippen molar-refractivity contribution in [2.75, 3.05) is 6.79 Å². The van der Waals surface area contributed by atoms with E-state index < -0.39 is 10.0 Å². The van der Waals surface area contributed by atoms with E-state index in [2.05, 4.69) is 4.72 Å². The molecule has 1 heterocycles. The van der Waals surface area contributed by atoms with Crippen LogP contribution in [0, 0.1) is 0 Å². The van der Waals surface area contributed by atoms with Gasteiger partial charge in [-0.15, -0.1) is 0 Å². The lowest BCUT2D eigenvalue weighted by Gasteiger charge is -2.07. The van der Waals surface area contributed by atoms with Gasteiger partial charge in [0.15, 0.2) is 11.5 Å². The van der Waals surface area contributed by atoms with E-state index in [0.717, 1.165) is 5.56 Å². The fourth-order valence-corrected chi connectivity index (χ4v) is 3.26. The fraction of sp³-hybridized carbons (Fsp3) is 0.143. The van der Waals surface area contributed by atoms with Crippen LogP contribution in [0.3, 0.4) is 0 Å². The molecule has 110 valence electrons. The van der Waals surface area contributed by atoms with Gasteiger partial charge in [0.05, 0.1) is 4.90 Å². The highest BCUT2D eigenvalue weighted by Crippen LogP contribution is 2.32. The van der Waals surface area contributed by atoms with Crippen LogP contribution in [-0.4, -0.2) is 15.2 Å². The molecule has 0 amide bonds. The molecule has 0 radical (unpaired) electrons. The first kappa shape index (κ1) is 14.2. The van der Waals surface area contributed by atoms with Crippen LogP contribution in [0.25, 0.3) is 0 Å². The summed E-state index contributed by atoms with van der Waals surface area (Å²) in [4.78, 5) is 0.135. The number of hydrogen-bond donors (Lipinski definition) is 1. The third-order valence-electron chi connectivity index (χ3n) is 3.01. The first-order valence-corrected chi connectivity index (χ1v) is 8.04. The molecule has 2 aromatic carbocycles. The number of benzene rings is 2. The number of halogens is 1. The lowest BCUT2D eigenvalue weighted by molar-refractivity contribution is 0.174. The summed E-state index contributed by atoms with van der Waals surface area (Å²) in [5, 5.41) is 0.376. The van der Waals surface area contributed by atoms with Gasteiger partial charge in [0.2, 0.25) is 16.8 Å². The topological polar surface area (TPSA) is 64.6 Å². The molecule has 0 saturated carbocycles. The molecule has 0 saturated heterocycles. The van der Waals surface area contributed by atoms with Gasteiger partial charge in [0.1, 0.15) is 0 Å². The van der Waals surface area contributed by atoms with Crippen LogP contribution in [0.15, 0.2) is 47.4 Å². The van der Waals surface area contributed by atoms with Crippen LogP contribution >= 0.6 is 11.6 Å². The molecule has 3 rings (SSSR count). The maximum absolute atomic E-state index is 12.2. The van der Waals surface area contributed by atoms with E-state index >= 15 is 0 Å². The van der Waals surface area contributed by atoms with Gasteiger partial charge < -0.3 is 9.47 Å². The molecular weight excluding hydrogens is 314 g/mol. The van der Waals surface area contributed by atoms with Crippen molar-refractivity contribution in [3.05, 3.63) is 53.1 Å². The van der Waals surface area contributed by atoms with Crippen molar-refractivity contribution in [1.82, 2.24) is 4.72 Å². The van der Waals surface area contributed by atoms with Crippen LogP contribution in [0.1, 0.15) is 5.56 Å². The van der Waals surface area contributed by atoms with Crippen molar-refractivity contribution in [1.29, 1.82) is 0 Å². The summed E-state index contributed by atoms with van der Waals surface area (Å²) < 4.78 is 37.3. The van der Waals surface area contributed by atoms with Gasteiger partial charge in [-0.1, -0.05) is 23.7 Å².